The number of halogens is 2. The molecule has 0 saturated carbocycles. The van der Waals surface area contributed by atoms with E-state index in [2.05, 4.69) is 26.6 Å². The van der Waals surface area contributed by atoms with Crippen LogP contribution in [0.1, 0.15) is 15.9 Å². The van der Waals surface area contributed by atoms with Crippen molar-refractivity contribution in [1.82, 2.24) is 4.57 Å². The number of imidazole rings is 1. The van der Waals surface area contributed by atoms with E-state index in [-0.39, 0.29) is 28.9 Å². The molecule has 1 aliphatic rings. The Kier molecular flexibility index (Phi) is 5.94. The standard InChI is InChI=1S/C20H18BrN2O2.BrH/c21-17-7-5-15(6-8-17)19(24)13-23-10-9-22(14-23)12-18-11-16-3-1-2-4-20(16)25-18;/h1-10,14,18H,11-13H2;1H/q+1;/p-1. The zero-order valence-corrected chi connectivity index (χ0v) is 17.2. The normalized spacial score (nSPS) is 15.0. The van der Waals surface area contributed by atoms with Gasteiger partial charge in [-0.3, -0.25) is 4.79 Å². The van der Waals surface area contributed by atoms with Crippen LogP contribution < -0.4 is 26.3 Å². The molecule has 6 heteroatoms. The van der Waals surface area contributed by atoms with Gasteiger partial charge in [-0.25, -0.2) is 9.13 Å². The maximum absolute atomic E-state index is 12.4. The summed E-state index contributed by atoms with van der Waals surface area (Å²) in [5, 5.41) is 0. The van der Waals surface area contributed by atoms with Crippen molar-refractivity contribution < 1.29 is 31.1 Å². The van der Waals surface area contributed by atoms with Crippen LogP contribution in [-0.4, -0.2) is 16.5 Å². The van der Waals surface area contributed by atoms with Gasteiger partial charge in [0.05, 0.1) is 0 Å². The summed E-state index contributed by atoms with van der Waals surface area (Å²) in [7, 11) is 0. The van der Waals surface area contributed by atoms with E-state index in [4.69, 9.17) is 4.74 Å². The van der Waals surface area contributed by atoms with Gasteiger partial charge in [-0.05, 0) is 23.8 Å². The van der Waals surface area contributed by atoms with E-state index in [9.17, 15) is 4.79 Å². The molecular formula is C20H18Br2N2O2. The molecule has 0 spiro atoms. The first-order valence-corrected chi connectivity index (χ1v) is 9.05. The quantitative estimate of drug-likeness (QED) is 0.394. The van der Waals surface area contributed by atoms with E-state index in [1.807, 2.05) is 65.8 Å². The SMILES string of the molecule is O=C(C[n+]1ccn(CC2Cc3ccccc3O2)c1)c1ccc(Br)cc1.[Br-]. The number of hydrogen-bond acceptors (Lipinski definition) is 2. The molecule has 134 valence electrons. The maximum atomic E-state index is 12.4. The van der Waals surface area contributed by atoms with Gasteiger partial charge in [-0.15, -0.1) is 0 Å². The fourth-order valence-corrected chi connectivity index (χ4v) is 3.39. The Morgan fingerprint density at radius 2 is 1.96 bits per heavy atom. The lowest BCUT2D eigenvalue weighted by Gasteiger charge is -2.07. The van der Waals surface area contributed by atoms with Gasteiger partial charge < -0.3 is 21.7 Å². The van der Waals surface area contributed by atoms with Crippen LogP contribution in [0.15, 0.2) is 71.7 Å². The van der Waals surface area contributed by atoms with Crippen LogP contribution >= 0.6 is 15.9 Å². The first-order chi connectivity index (χ1) is 12.2. The second-order valence-corrected chi connectivity index (χ2v) is 7.18. The van der Waals surface area contributed by atoms with Gasteiger partial charge in [0.2, 0.25) is 12.1 Å². The molecule has 0 saturated heterocycles. The van der Waals surface area contributed by atoms with Crippen LogP contribution in [0.4, 0.5) is 0 Å². The Morgan fingerprint density at radius 1 is 1.19 bits per heavy atom. The molecule has 26 heavy (non-hydrogen) atoms. The Bertz CT molecular complexity index is 881. The number of carbonyl (C=O) groups is 1. The molecule has 0 amide bonds. The molecule has 2 aromatic carbocycles. The van der Waals surface area contributed by atoms with Crippen LogP contribution in [0.3, 0.4) is 0 Å². The second kappa shape index (κ2) is 8.18. The van der Waals surface area contributed by atoms with Crippen molar-refractivity contribution >= 4 is 21.7 Å². The highest BCUT2D eigenvalue weighted by Gasteiger charge is 2.24. The highest BCUT2D eigenvalue weighted by molar-refractivity contribution is 9.10. The second-order valence-electron chi connectivity index (χ2n) is 6.26. The Hall–Kier alpha value is -1.92. The average molecular weight is 478 g/mol. The van der Waals surface area contributed by atoms with Gasteiger partial charge in [0.15, 0.2) is 6.54 Å². The Morgan fingerprint density at radius 3 is 2.73 bits per heavy atom. The molecule has 1 aromatic heterocycles. The molecule has 0 bridgehead atoms. The molecule has 1 unspecified atom stereocenters. The number of nitrogens with zero attached hydrogens (tertiary/aromatic N) is 2. The molecule has 0 fully saturated rings. The number of hydrogen-bond donors (Lipinski definition) is 0. The van der Waals surface area contributed by atoms with Gasteiger partial charge in [0, 0.05) is 16.5 Å². The molecule has 1 atom stereocenters. The number of ether oxygens (including phenoxy) is 1. The lowest BCUT2D eigenvalue weighted by Crippen LogP contribution is -3.00. The van der Waals surface area contributed by atoms with E-state index in [0.717, 1.165) is 28.8 Å². The smallest absolute Gasteiger partial charge is 0.244 e. The van der Waals surface area contributed by atoms with Crippen molar-refractivity contribution in [1.29, 1.82) is 0 Å². The molecule has 4 rings (SSSR count). The predicted molar refractivity (Wildman–Crippen MR) is 97.7 cm³/mol. The van der Waals surface area contributed by atoms with E-state index in [1.54, 1.807) is 0 Å². The highest BCUT2D eigenvalue weighted by Crippen LogP contribution is 2.28. The van der Waals surface area contributed by atoms with Gasteiger partial charge in [0.1, 0.15) is 30.8 Å². The van der Waals surface area contributed by atoms with Crippen LogP contribution in [0.5, 0.6) is 5.75 Å². The van der Waals surface area contributed by atoms with E-state index in [0.29, 0.717) is 6.54 Å². The van der Waals surface area contributed by atoms with Crippen molar-refractivity contribution in [3.8, 4) is 5.75 Å². The third kappa shape index (κ3) is 4.24. The van der Waals surface area contributed by atoms with Gasteiger partial charge in [-0.1, -0.05) is 46.3 Å². The minimum Gasteiger partial charge on any atom is -1.00 e. The van der Waals surface area contributed by atoms with Gasteiger partial charge in [0.25, 0.3) is 0 Å². The average Bonchev–Trinajstić information content (AvgIpc) is 3.21. The number of ketones is 1. The zero-order valence-electron chi connectivity index (χ0n) is 14.0. The monoisotopic (exact) mass is 476 g/mol. The summed E-state index contributed by atoms with van der Waals surface area (Å²) in [6.07, 6.45) is 6.94. The number of rotatable bonds is 5. The lowest BCUT2D eigenvalue weighted by atomic mass is 10.1. The number of fused-ring (bicyclic) bond motifs is 1. The number of aromatic nitrogens is 2. The van der Waals surface area contributed by atoms with Crippen LogP contribution in [0, 0.1) is 0 Å². The number of para-hydroxylation sites is 1. The topological polar surface area (TPSA) is 35.1 Å². The summed E-state index contributed by atoms with van der Waals surface area (Å²) in [4.78, 5) is 12.4. The van der Waals surface area contributed by atoms with Crippen LogP contribution in [-0.2, 0) is 19.5 Å². The fraction of sp³-hybridized carbons (Fsp3) is 0.200. The third-order valence-electron chi connectivity index (χ3n) is 4.37. The van der Waals surface area contributed by atoms with Crippen LogP contribution in [0.2, 0.25) is 0 Å². The number of Topliss-reactive ketones (excluding diaryl/α,β-unsaturated/α-hetero) is 1. The van der Waals surface area contributed by atoms with Crippen molar-refractivity contribution in [3.63, 3.8) is 0 Å². The first kappa shape index (κ1) is 18.9. The maximum Gasteiger partial charge on any atom is 0.244 e. The lowest BCUT2D eigenvalue weighted by molar-refractivity contribution is -0.682. The van der Waals surface area contributed by atoms with Crippen molar-refractivity contribution in [3.05, 3.63) is 82.9 Å². The minimum absolute atomic E-state index is 0. The van der Waals surface area contributed by atoms with Crippen molar-refractivity contribution in [2.75, 3.05) is 0 Å². The summed E-state index contributed by atoms with van der Waals surface area (Å²) >= 11 is 3.39. The third-order valence-corrected chi connectivity index (χ3v) is 4.90. The first-order valence-electron chi connectivity index (χ1n) is 8.25. The molecule has 1 aliphatic heterocycles. The summed E-state index contributed by atoms with van der Waals surface area (Å²) in [6, 6.07) is 15.6. The van der Waals surface area contributed by atoms with Gasteiger partial charge >= 0.3 is 0 Å². The molecule has 3 aromatic rings. The highest BCUT2D eigenvalue weighted by atomic mass is 79.9. The Labute approximate surface area is 171 Å². The molecule has 2 heterocycles. The summed E-state index contributed by atoms with van der Waals surface area (Å²) in [6.45, 7) is 1.11. The van der Waals surface area contributed by atoms with E-state index >= 15 is 0 Å². The van der Waals surface area contributed by atoms with E-state index in [1.165, 1.54) is 5.56 Å². The molecule has 4 nitrogen and oxygen atoms in total. The van der Waals surface area contributed by atoms with Crippen molar-refractivity contribution in [2.45, 2.75) is 25.6 Å². The zero-order chi connectivity index (χ0) is 17.2. The number of carbonyl (C=O) groups excluding carboxylic acids is 1. The van der Waals surface area contributed by atoms with Crippen molar-refractivity contribution in [2.24, 2.45) is 0 Å². The summed E-state index contributed by atoms with van der Waals surface area (Å²) in [5.41, 5.74) is 1.98. The Balaban J connectivity index is 0.00000196. The minimum atomic E-state index is 0. The summed E-state index contributed by atoms with van der Waals surface area (Å²) < 4.78 is 10.9. The molecule has 0 radical (unpaired) electrons. The van der Waals surface area contributed by atoms with Gasteiger partial charge in [-0.2, -0.15) is 0 Å². The van der Waals surface area contributed by atoms with E-state index < -0.39 is 0 Å². The predicted octanol–water partition coefficient (Wildman–Crippen LogP) is 0.429. The number of benzene rings is 2. The summed E-state index contributed by atoms with van der Waals surface area (Å²) in [5.74, 6) is 1.08. The molecular weight excluding hydrogens is 460 g/mol. The van der Waals surface area contributed by atoms with Crippen LogP contribution in [0.25, 0.3) is 0 Å². The molecule has 0 N–H and O–H groups in total. The fourth-order valence-electron chi connectivity index (χ4n) is 3.12. The largest absolute Gasteiger partial charge is 1.00 e. The molecule has 0 aliphatic carbocycles.